The molecule has 9 heteroatoms. The summed E-state index contributed by atoms with van der Waals surface area (Å²) in [7, 11) is 1.23. The first kappa shape index (κ1) is 56.5. The van der Waals surface area contributed by atoms with E-state index >= 15 is 0 Å². The van der Waals surface area contributed by atoms with Gasteiger partial charge in [-0.15, -0.1) is 0 Å². The summed E-state index contributed by atoms with van der Waals surface area (Å²) in [5.41, 5.74) is 0. The lowest BCUT2D eigenvalue weighted by Gasteiger charge is -2.29. The Morgan fingerprint density at radius 3 is 1.40 bits per heavy atom. The van der Waals surface area contributed by atoms with Crippen molar-refractivity contribution in [3.63, 3.8) is 0 Å². The van der Waals surface area contributed by atoms with Gasteiger partial charge in [0.2, 0.25) is 5.91 Å². The fourth-order valence-electron chi connectivity index (χ4n) is 6.65. The lowest BCUT2D eigenvalue weighted by Crippen LogP contribution is -2.45. The molecule has 0 bridgehead atoms. The molecule has 2 N–H and O–H groups in total. The van der Waals surface area contributed by atoms with Crippen molar-refractivity contribution < 1.29 is 32.9 Å². The van der Waals surface area contributed by atoms with E-state index in [-0.39, 0.29) is 12.5 Å². The first-order valence-electron chi connectivity index (χ1n) is 24.0. The van der Waals surface area contributed by atoms with Crippen LogP contribution >= 0.6 is 7.82 Å². The van der Waals surface area contributed by atoms with Crippen molar-refractivity contribution in [2.24, 2.45) is 0 Å². The zero-order valence-corrected chi connectivity index (χ0v) is 39.4. The van der Waals surface area contributed by atoms with E-state index in [0.29, 0.717) is 17.4 Å². The van der Waals surface area contributed by atoms with Gasteiger partial charge in [-0.25, -0.2) is 0 Å². The highest BCUT2D eigenvalue weighted by molar-refractivity contribution is 7.45. The molecule has 3 unspecified atom stereocenters. The molecule has 58 heavy (non-hydrogen) atoms. The number of phosphoric ester groups is 1. The highest BCUT2D eigenvalue weighted by Gasteiger charge is 2.23. The number of phosphoric acid groups is 1. The summed E-state index contributed by atoms with van der Waals surface area (Å²) in [5, 5.41) is 13.8. The molecule has 0 aliphatic carbocycles. The number of allylic oxidation sites excluding steroid dienone is 7. The van der Waals surface area contributed by atoms with E-state index in [4.69, 9.17) is 9.05 Å². The molecule has 0 aliphatic heterocycles. The van der Waals surface area contributed by atoms with Gasteiger partial charge in [-0.1, -0.05) is 178 Å². The highest BCUT2D eigenvalue weighted by Crippen LogP contribution is 2.38. The number of aliphatic hydroxyl groups excluding tert-OH is 1. The van der Waals surface area contributed by atoms with Crippen LogP contribution in [0.4, 0.5) is 0 Å². The van der Waals surface area contributed by atoms with Gasteiger partial charge in [0.05, 0.1) is 39.9 Å². The topological polar surface area (TPSA) is 108 Å². The van der Waals surface area contributed by atoms with Gasteiger partial charge in [-0.3, -0.25) is 9.36 Å². The summed E-state index contributed by atoms with van der Waals surface area (Å²) >= 11 is 0. The first-order valence-corrected chi connectivity index (χ1v) is 25.5. The van der Waals surface area contributed by atoms with Gasteiger partial charge >= 0.3 is 0 Å². The van der Waals surface area contributed by atoms with Crippen molar-refractivity contribution in [1.82, 2.24) is 5.32 Å². The quantitative estimate of drug-likeness (QED) is 0.0274. The summed E-state index contributed by atoms with van der Waals surface area (Å²) in [4.78, 5) is 25.3. The maximum absolute atomic E-state index is 12.8. The molecule has 0 saturated heterocycles. The second kappa shape index (κ2) is 40.8. The first-order chi connectivity index (χ1) is 28.0. The van der Waals surface area contributed by atoms with Crippen LogP contribution < -0.4 is 10.2 Å². The Balaban J connectivity index is 4.44. The Labute approximate surface area is 359 Å². The van der Waals surface area contributed by atoms with Crippen LogP contribution in [-0.4, -0.2) is 68.5 Å². The number of hydrogen-bond donors (Lipinski definition) is 2. The molecule has 0 spiro atoms. The third-order valence-corrected chi connectivity index (χ3v) is 11.5. The van der Waals surface area contributed by atoms with Crippen molar-refractivity contribution in [2.75, 3.05) is 40.9 Å². The van der Waals surface area contributed by atoms with Crippen molar-refractivity contribution >= 4 is 13.7 Å². The van der Waals surface area contributed by atoms with Crippen LogP contribution in [0, 0.1) is 0 Å². The number of likely N-dealkylation sites (N-methyl/N-ethyl adjacent to an activating group) is 1. The maximum Gasteiger partial charge on any atom is 0.268 e. The van der Waals surface area contributed by atoms with Gasteiger partial charge < -0.3 is 28.8 Å². The molecule has 0 aliphatic rings. The summed E-state index contributed by atoms with van der Waals surface area (Å²) in [5.74, 6) is -0.222. The molecule has 0 aromatic rings. The van der Waals surface area contributed by atoms with Crippen LogP contribution in [0.1, 0.15) is 206 Å². The molecule has 0 heterocycles. The standard InChI is InChI=1S/C49H93N2O6P/c1-6-8-10-12-14-16-18-20-22-23-24-25-26-27-28-29-30-32-34-36-38-40-42-48(52)47(46-57-58(54,55)56-45-44-51(3,4)5)50-49(53)43-41-39-37-35-33-31-21-19-17-15-13-11-9-7-2/h19,21,27-28,32,34,40,42,47-48,52H,6-18,20,22-26,29-31,33,35-39,41,43-46H2,1-5H3,(H-,50,53,54,55)/b21-19-,28-27+,34-32+,42-40+. The third kappa shape index (κ3) is 42.6. The fourth-order valence-corrected chi connectivity index (χ4v) is 7.37. The van der Waals surface area contributed by atoms with Gasteiger partial charge in [0.1, 0.15) is 13.2 Å². The van der Waals surface area contributed by atoms with Crippen LogP contribution in [0.2, 0.25) is 0 Å². The van der Waals surface area contributed by atoms with Crippen molar-refractivity contribution in [3.05, 3.63) is 48.6 Å². The highest BCUT2D eigenvalue weighted by atomic mass is 31.2. The summed E-state index contributed by atoms with van der Waals surface area (Å²) in [6.07, 6.45) is 51.7. The number of nitrogens with zero attached hydrogens (tertiary/aromatic N) is 1. The van der Waals surface area contributed by atoms with Gasteiger partial charge in [-0.2, -0.15) is 0 Å². The maximum atomic E-state index is 12.8. The number of hydrogen-bond acceptors (Lipinski definition) is 6. The molecule has 340 valence electrons. The molecule has 0 radical (unpaired) electrons. The zero-order valence-electron chi connectivity index (χ0n) is 38.5. The number of quaternary nitrogens is 1. The normalized spacial score (nSPS) is 14.7. The lowest BCUT2D eigenvalue weighted by atomic mass is 10.0. The van der Waals surface area contributed by atoms with Crippen LogP contribution in [0.15, 0.2) is 48.6 Å². The van der Waals surface area contributed by atoms with E-state index in [2.05, 4.69) is 55.6 Å². The van der Waals surface area contributed by atoms with Gasteiger partial charge in [-0.05, 0) is 70.6 Å². The average Bonchev–Trinajstić information content (AvgIpc) is 3.17. The Hall–Kier alpha value is -1.54. The van der Waals surface area contributed by atoms with Crippen molar-refractivity contribution in [2.45, 2.75) is 219 Å². The predicted molar refractivity (Wildman–Crippen MR) is 247 cm³/mol. The number of rotatable bonds is 43. The Kier molecular flexibility index (Phi) is 39.8. The largest absolute Gasteiger partial charge is 0.756 e. The Morgan fingerprint density at radius 2 is 0.966 bits per heavy atom. The average molecular weight is 837 g/mol. The molecule has 0 aromatic heterocycles. The van der Waals surface area contributed by atoms with Crippen molar-refractivity contribution in [1.29, 1.82) is 0 Å². The second-order valence-electron chi connectivity index (χ2n) is 17.4. The number of carbonyl (C=O) groups is 1. The molecule has 1 amide bonds. The molecule has 3 atom stereocenters. The Bertz CT molecular complexity index is 1090. The van der Waals surface area contributed by atoms with E-state index in [0.717, 1.165) is 64.2 Å². The second-order valence-corrected chi connectivity index (χ2v) is 18.8. The molecule has 0 fully saturated rings. The summed E-state index contributed by atoms with van der Waals surface area (Å²) in [6.45, 7) is 4.60. The van der Waals surface area contributed by atoms with E-state index < -0.39 is 26.6 Å². The lowest BCUT2D eigenvalue weighted by molar-refractivity contribution is -0.870. The summed E-state index contributed by atoms with van der Waals surface area (Å²) < 4.78 is 23.2. The third-order valence-electron chi connectivity index (χ3n) is 10.5. The minimum absolute atomic E-state index is 0.0115. The molecule has 0 rings (SSSR count). The van der Waals surface area contributed by atoms with E-state index in [9.17, 15) is 19.4 Å². The predicted octanol–water partition coefficient (Wildman–Crippen LogP) is 13.0. The monoisotopic (exact) mass is 837 g/mol. The van der Waals surface area contributed by atoms with E-state index in [1.54, 1.807) is 6.08 Å². The van der Waals surface area contributed by atoms with Crippen LogP contribution in [-0.2, 0) is 18.4 Å². The molecule has 8 nitrogen and oxygen atoms in total. The summed E-state index contributed by atoms with van der Waals surface area (Å²) in [6, 6.07) is -0.913. The number of carbonyl (C=O) groups excluding carboxylic acids is 1. The smallest absolute Gasteiger partial charge is 0.268 e. The van der Waals surface area contributed by atoms with E-state index in [1.807, 2.05) is 27.2 Å². The molecular weight excluding hydrogens is 744 g/mol. The zero-order chi connectivity index (χ0) is 42.8. The number of amides is 1. The van der Waals surface area contributed by atoms with Gasteiger partial charge in [0.15, 0.2) is 0 Å². The minimum atomic E-state index is -4.60. The minimum Gasteiger partial charge on any atom is -0.756 e. The molecule has 0 aromatic carbocycles. The van der Waals surface area contributed by atoms with Crippen molar-refractivity contribution in [3.8, 4) is 0 Å². The van der Waals surface area contributed by atoms with E-state index in [1.165, 1.54) is 122 Å². The number of aliphatic hydroxyl groups is 1. The SMILES string of the molecule is CCCCCCC/C=C\CCCCCCCC(=O)NC(COP(=O)([O-])OCC[N+](C)(C)C)C(O)/C=C/CC/C=C/CC/C=C/CCCCCCCCCCCCCC. The Morgan fingerprint density at radius 1 is 0.586 bits per heavy atom. The van der Waals surface area contributed by atoms with Gasteiger partial charge in [0, 0.05) is 6.42 Å². The van der Waals surface area contributed by atoms with Gasteiger partial charge in [0.25, 0.3) is 7.82 Å². The molecule has 0 saturated carbocycles. The number of unbranched alkanes of at least 4 members (excludes halogenated alkanes) is 24. The van der Waals surface area contributed by atoms with Crippen LogP contribution in [0.5, 0.6) is 0 Å². The number of nitrogens with one attached hydrogen (secondary N) is 1. The fraction of sp³-hybridized carbons (Fsp3) is 0.816. The van der Waals surface area contributed by atoms with Crippen LogP contribution in [0.25, 0.3) is 0 Å². The van der Waals surface area contributed by atoms with Crippen LogP contribution in [0.3, 0.4) is 0 Å². The molecular formula is C49H93N2O6P.